The summed E-state index contributed by atoms with van der Waals surface area (Å²) in [5.41, 5.74) is -0.481. The zero-order valence-electron chi connectivity index (χ0n) is 15.0. The standard InChI is InChI=1S/C18H19N5O3S/c1-3-18(12-19)8-10-23(16(18)24)15-7-9-20-17(22-15)21-13-5-4-6-14(11-13)27(2,25)26/h4-7,9,11H,3,8,10H2,1-2H3,(H,20,21,22). The maximum Gasteiger partial charge on any atom is 0.248 e. The van der Waals surface area contributed by atoms with Gasteiger partial charge in [0.1, 0.15) is 11.2 Å². The highest BCUT2D eigenvalue weighted by Crippen LogP contribution is 2.36. The molecule has 1 atom stereocenters. The minimum Gasteiger partial charge on any atom is -0.324 e. The van der Waals surface area contributed by atoms with Crippen LogP contribution in [-0.2, 0) is 14.6 Å². The van der Waals surface area contributed by atoms with Crippen molar-refractivity contribution in [3.63, 3.8) is 0 Å². The first-order chi connectivity index (χ1) is 12.8. The second kappa shape index (κ2) is 6.96. The summed E-state index contributed by atoms with van der Waals surface area (Å²) in [5, 5.41) is 12.4. The van der Waals surface area contributed by atoms with Crippen LogP contribution in [0, 0.1) is 16.7 Å². The number of hydrogen-bond donors (Lipinski definition) is 1. The topological polar surface area (TPSA) is 116 Å². The third-order valence-electron chi connectivity index (χ3n) is 4.67. The molecule has 0 aliphatic carbocycles. The molecule has 1 unspecified atom stereocenters. The van der Waals surface area contributed by atoms with E-state index in [4.69, 9.17) is 0 Å². The van der Waals surface area contributed by atoms with E-state index in [0.717, 1.165) is 6.26 Å². The fourth-order valence-corrected chi connectivity index (χ4v) is 3.66. The number of carbonyl (C=O) groups excluding carboxylic acids is 1. The molecule has 1 saturated heterocycles. The number of aromatic nitrogens is 2. The van der Waals surface area contributed by atoms with Crippen molar-refractivity contribution in [1.82, 2.24) is 9.97 Å². The van der Waals surface area contributed by atoms with Crippen LogP contribution in [0.15, 0.2) is 41.4 Å². The van der Waals surface area contributed by atoms with Gasteiger partial charge < -0.3 is 5.32 Å². The summed E-state index contributed by atoms with van der Waals surface area (Å²) in [5.74, 6) is 0.385. The molecule has 1 fully saturated rings. The van der Waals surface area contributed by atoms with Crippen LogP contribution in [-0.4, -0.2) is 37.1 Å². The number of rotatable bonds is 5. The molecule has 0 bridgehead atoms. The third-order valence-corrected chi connectivity index (χ3v) is 5.78. The summed E-state index contributed by atoms with van der Waals surface area (Å²) in [6.07, 6.45) is 3.56. The molecule has 2 aromatic rings. The van der Waals surface area contributed by atoms with Gasteiger partial charge in [0.2, 0.25) is 11.9 Å². The molecular weight excluding hydrogens is 366 g/mol. The second-order valence-electron chi connectivity index (χ2n) is 6.42. The fraction of sp³-hybridized carbons (Fsp3) is 0.333. The number of anilines is 3. The summed E-state index contributed by atoms with van der Waals surface area (Å²) in [6, 6.07) is 10.1. The largest absolute Gasteiger partial charge is 0.324 e. The molecule has 27 heavy (non-hydrogen) atoms. The Hall–Kier alpha value is -2.99. The van der Waals surface area contributed by atoms with E-state index in [0.29, 0.717) is 30.9 Å². The van der Waals surface area contributed by atoms with Gasteiger partial charge in [-0.25, -0.2) is 13.4 Å². The minimum absolute atomic E-state index is 0.181. The Bertz CT molecular complexity index is 1030. The molecule has 1 aromatic carbocycles. The van der Waals surface area contributed by atoms with Gasteiger partial charge in [0, 0.05) is 24.7 Å². The summed E-state index contributed by atoms with van der Waals surface area (Å²) >= 11 is 0. The van der Waals surface area contributed by atoms with Crippen LogP contribution in [0.3, 0.4) is 0 Å². The molecule has 2 heterocycles. The summed E-state index contributed by atoms with van der Waals surface area (Å²) in [4.78, 5) is 22.8. The van der Waals surface area contributed by atoms with Gasteiger partial charge >= 0.3 is 0 Å². The van der Waals surface area contributed by atoms with Gasteiger partial charge in [-0.3, -0.25) is 9.69 Å². The van der Waals surface area contributed by atoms with Crippen molar-refractivity contribution in [2.45, 2.75) is 24.7 Å². The molecule has 3 rings (SSSR count). The van der Waals surface area contributed by atoms with Crippen LogP contribution in [0.4, 0.5) is 17.5 Å². The number of carbonyl (C=O) groups is 1. The molecule has 1 amide bonds. The number of nitriles is 1. The molecule has 1 aliphatic rings. The lowest BCUT2D eigenvalue weighted by Gasteiger charge is -2.19. The van der Waals surface area contributed by atoms with E-state index in [9.17, 15) is 18.5 Å². The Kier molecular flexibility index (Phi) is 4.85. The van der Waals surface area contributed by atoms with Crippen molar-refractivity contribution in [1.29, 1.82) is 5.26 Å². The minimum atomic E-state index is -3.33. The highest BCUT2D eigenvalue weighted by Gasteiger charge is 2.46. The van der Waals surface area contributed by atoms with Crippen molar-refractivity contribution in [3.8, 4) is 6.07 Å². The Labute approximate surface area is 157 Å². The van der Waals surface area contributed by atoms with E-state index in [-0.39, 0.29) is 16.8 Å². The van der Waals surface area contributed by atoms with Crippen LogP contribution in [0.1, 0.15) is 19.8 Å². The molecule has 0 spiro atoms. The smallest absolute Gasteiger partial charge is 0.248 e. The Morgan fingerprint density at radius 3 is 2.78 bits per heavy atom. The molecule has 140 valence electrons. The van der Waals surface area contributed by atoms with Gasteiger partial charge in [-0.2, -0.15) is 10.2 Å². The zero-order chi connectivity index (χ0) is 19.7. The van der Waals surface area contributed by atoms with Crippen molar-refractivity contribution < 1.29 is 13.2 Å². The van der Waals surface area contributed by atoms with Crippen LogP contribution in [0.5, 0.6) is 0 Å². The number of hydrogen-bond acceptors (Lipinski definition) is 7. The number of nitrogens with one attached hydrogen (secondary N) is 1. The lowest BCUT2D eigenvalue weighted by molar-refractivity contribution is -0.123. The van der Waals surface area contributed by atoms with Crippen LogP contribution in [0.2, 0.25) is 0 Å². The lowest BCUT2D eigenvalue weighted by Crippen LogP contribution is -2.33. The van der Waals surface area contributed by atoms with Gasteiger partial charge in [0.05, 0.1) is 11.0 Å². The maximum atomic E-state index is 12.7. The zero-order valence-corrected chi connectivity index (χ0v) is 15.8. The molecule has 0 radical (unpaired) electrons. The normalized spacial score (nSPS) is 19.7. The van der Waals surface area contributed by atoms with Crippen molar-refractivity contribution >= 4 is 33.2 Å². The number of sulfone groups is 1. The molecule has 9 heteroatoms. The Balaban J connectivity index is 1.86. The molecule has 1 aromatic heterocycles. The van der Waals surface area contributed by atoms with Gasteiger partial charge in [-0.05, 0) is 37.1 Å². The first kappa shape index (κ1) is 18.8. The van der Waals surface area contributed by atoms with Gasteiger partial charge in [0.15, 0.2) is 9.84 Å². The number of nitrogens with zero attached hydrogens (tertiary/aromatic N) is 4. The average molecular weight is 385 g/mol. The quantitative estimate of drug-likeness (QED) is 0.839. The first-order valence-corrected chi connectivity index (χ1v) is 10.3. The first-order valence-electron chi connectivity index (χ1n) is 8.42. The maximum absolute atomic E-state index is 12.7. The molecule has 1 aliphatic heterocycles. The van der Waals surface area contributed by atoms with E-state index in [1.54, 1.807) is 18.2 Å². The summed E-state index contributed by atoms with van der Waals surface area (Å²) in [7, 11) is -3.33. The fourth-order valence-electron chi connectivity index (χ4n) is 2.99. The molecule has 1 N–H and O–H groups in total. The van der Waals surface area contributed by atoms with E-state index < -0.39 is 15.3 Å². The highest BCUT2D eigenvalue weighted by molar-refractivity contribution is 7.90. The van der Waals surface area contributed by atoms with E-state index in [1.807, 2.05) is 6.92 Å². The predicted octanol–water partition coefficient (Wildman–Crippen LogP) is 2.28. The number of benzene rings is 1. The van der Waals surface area contributed by atoms with E-state index >= 15 is 0 Å². The average Bonchev–Trinajstić information content (AvgIpc) is 2.98. The van der Waals surface area contributed by atoms with Crippen LogP contribution < -0.4 is 10.2 Å². The monoisotopic (exact) mass is 385 g/mol. The van der Waals surface area contributed by atoms with E-state index in [1.165, 1.54) is 23.2 Å². The van der Waals surface area contributed by atoms with Crippen LogP contribution >= 0.6 is 0 Å². The van der Waals surface area contributed by atoms with Crippen molar-refractivity contribution in [3.05, 3.63) is 36.5 Å². The van der Waals surface area contributed by atoms with E-state index in [2.05, 4.69) is 21.4 Å². The highest BCUT2D eigenvalue weighted by atomic mass is 32.2. The van der Waals surface area contributed by atoms with Crippen molar-refractivity contribution in [2.75, 3.05) is 23.0 Å². The van der Waals surface area contributed by atoms with Gasteiger partial charge in [-0.15, -0.1) is 0 Å². The van der Waals surface area contributed by atoms with Crippen molar-refractivity contribution in [2.24, 2.45) is 5.41 Å². The number of amides is 1. The third kappa shape index (κ3) is 3.61. The molecular formula is C18H19N5O3S. The predicted molar refractivity (Wildman–Crippen MR) is 100 cm³/mol. The second-order valence-corrected chi connectivity index (χ2v) is 8.43. The molecule has 0 saturated carbocycles. The van der Waals surface area contributed by atoms with Gasteiger partial charge in [0.25, 0.3) is 0 Å². The van der Waals surface area contributed by atoms with Crippen LogP contribution in [0.25, 0.3) is 0 Å². The Morgan fingerprint density at radius 1 is 1.37 bits per heavy atom. The SMILES string of the molecule is CCC1(C#N)CCN(c2ccnc(Nc3cccc(S(C)(=O)=O)c3)n2)C1=O. The summed E-state index contributed by atoms with van der Waals surface area (Å²) < 4.78 is 23.4. The van der Waals surface area contributed by atoms with Gasteiger partial charge in [-0.1, -0.05) is 13.0 Å². The Morgan fingerprint density at radius 2 is 2.15 bits per heavy atom. The summed E-state index contributed by atoms with van der Waals surface area (Å²) in [6.45, 7) is 2.24. The lowest BCUT2D eigenvalue weighted by atomic mass is 9.85. The molecule has 8 nitrogen and oxygen atoms in total.